The van der Waals surface area contributed by atoms with Crippen molar-refractivity contribution in [1.29, 1.82) is 0 Å². The topological polar surface area (TPSA) is 64.9 Å². The quantitative estimate of drug-likeness (QED) is 0.628. The Labute approximate surface area is 195 Å². The average molecular weight is 446 g/mol. The molecular weight excluding hydrogens is 414 g/mol. The second-order valence-electron chi connectivity index (χ2n) is 9.03. The number of benzene rings is 1. The fourth-order valence-corrected chi connectivity index (χ4v) is 4.83. The minimum absolute atomic E-state index is 0.118. The zero-order chi connectivity index (χ0) is 22.8. The zero-order valence-electron chi connectivity index (χ0n) is 19.3. The molecule has 5 rings (SSSR count). The largest absolute Gasteiger partial charge is 0.467 e. The van der Waals surface area contributed by atoms with Gasteiger partial charge in [-0.25, -0.2) is 4.98 Å². The van der Waals surface area contributed by atoms with E-state index >= 15 is 0 Å². The summed E-state index contributed by atoms with van der Waals surface area (Å²) in [4.78, 5) is 24.7. The number of rotatable bonds is 6. The van der Waals surface area contributed by atoms with Crippen LogP contribution in [0.15, 0.2) is 59.3 Å². The summed E-state index contributed by atoms with van der Waals surface area (Å²) in [6.07, 6.45) is 4.44. The summed E-state index contributed by atoms with van der Waals surface area (Å²) in [5.41, 5.74) is 4.19. The summed E-state index contributed by atoms with van der Waals surface area (Å²) in [6.45, 7) is 7.13. The van der Waals surface area contributed by atoms with Crippen molar-refractivity contribution in [2.75, 3.05) is 43.0 Å². The number of hydrogen-bond acceptors (Lipinski definition) is 6. The molecule has 2 aromatic heterocycles. The Morgan fingerprint density at radius 2 is 1.94 bits per heavy atom. The third-order valence-electron chi connectivity index (χ3n) is 6.76. The van der Waals surface area contributed by atoms with E-state index in [4.69, 9.17) is 4.42 Å². The van der Waals surface area contributed by atoms with E-state index in [9.17, 15) is 4.79 Å². The van der Waals surface area contributed by atoms with E-state index < -0.39 is 0 Å². The molecule has 1 fully saturated rings. The molecule has 1 N–H and O–H groups in total. The Morgan fingerprint density at radius 1 is 1.12 bits per heavy atom. The van der Waals surface area contributed by atoms with Crippen molar-refractivity contribution < 1.29 is 9.21 Å². The van der Waals surface area contributed by atoms with Crippen LogP contribution in [0.1, 0.15) is 34.2 Å². The summed E-state index contributed by atoms with van der Waals surface area (Å²) in [7, 11) is 2.14. The molecule has 33 heavy (non-hydrogen) atoms. The number of carbonyl (C=O) groups is 1. The first kappa shape index (κ1) is 21.5. The van der Waals surface area contributed by atoms with Gasteiger partial charge in [0.1, 0.15) is 11.6 Å². The highest BCUT2D eigenvalue weighted by Gasteiger charge is 2.28. The molecule has 0 aliphatic carbocycles. The maximum atomic E-state index is 13.1. The van der Waals surface area contributed by atoms with E-state index in [1.165, 1.54) is 11.3 Å². The summed E-state index contributed by atoms with van der Waals surface area (Å²) in [6, 6.07) is 14.6. The van der Waals surface area contributed by atoms with Gasteiger partial charge in [-0.05, 0) is 44.2 Å². The molecule has 0 spiro atoms. The fourth-order valence-electron chi connectivity index (χ4n) is 4.83. The van der Waals surface area contributed by atoms with Gasteiger partial charge in [-0.1, -0.05) is 24.3 Å². The van der Waals surface area contributed by atoms with E-state index in [-0.39, 0.29) is 5.91 Å². The van der Waals surface area contributed by atoms with Crippen LogP contribution in [-0.2, 0) is 19.5 Å². The predicted octanol–water partition coefficient (Wildman–Crippen LogP) is 3.31. The highest BCUT2D eigenvalue weighted by atomic mass is 16.3. The highest BCUT2D eigenvalue weighted by molar-refractivity contribution is 5.95. The summed E-state index contributed by atoms with van der Waals surface area (Å²) < 4.78 is 5.76. The number of carbonyl (C=O) groups excluding carboxylic acids is 1. The van der Waals surface area contributed by atoms with Crippen molar-refractivity contribution in [3.63, 3.8) is 0 Å². The molecule has 7 nitrogen and oxygen atoms in total. The number of nitrogens with one attached hydrogen (secondary N) is 1. The third-order valence-corrected chi connectivity index (χ3v) is 6.76. The van der Waals surface area contributed by atoms with E-state index in [2.05, 4.69) is 63.2 Å². The molecule has 1 unspecified atom stereocenters. The maximum Gasteiger partial charge on any atom is 0.255 e. The average Bonchev–Trinajstić information content (AvgIpc) is 3.43. The van der Waals surface area contributed by atoms with Gasteiger partial charge in [-0.15, -0.1) is 0 Å². The van der Waals surface area contributed by atoms with Gasteiger partial charge >= 0.3 is 0 Å². The lowest BCUT2D eigenvalue weighted by atomic mass is 10.1. The Morgan fingerprint density at radius 3 is 2.79 bits per heavy atom. The van der Waals surface area contributed by atoms with Crippen molar-refractivity contribution in [3.8, 4) is 0 Å². The van der Waals surface area contributed by atoms with Crippen LogP contribution < -0.4 is 15.1 Å². The van der Waals surface area contributed by atoms with Crippen LogP contribution in [0.25, 0.3) is 0 Å². The maximum absolute atomic E-state index is 13.1. The molecular formula is C26H31N5O2. The van der Waals surface area contributed by atoms with Gasteiger partial charge in [-0.2, -0.15) is 0 Å². The Balaban J connectivity index is 1.27. The van der Waals surface area contributed by atoms with Crippen molar-refractivity contribution in [1.82, 2.24) is 15.2 Å². The molecule has 7 heteroatoms. The van der Waals surface area contributed by atoms with E-state index in [1.807, 2.05) is 18.3 Å². The summed E-state index contributed by atoms with van der Waals surface area (Å²) in [5, 5.41) is 3.09. The molecule has 0 radical (unpaired) electrons. The Kier molecular flexibility index (Phi) is 6.05. The van der Waals surface area contributed by atoms with Crippen LogP contribution in [0.5, 0.6) is 0 Å². The zero-order valence-corrected chi connectivity index (χ0v) is 19.3. The smallest absolute Gasteiger partial charge is 0.255 e. The van der Waals surface area contributed by atoms with Gasteiger partial charge in [0.2, 0.25) is 0 Å². The normalized spacial score (nSPS) is 18.4. The molecule has 1 saturated heterocycles. The number of hydrogen-bond donors (Lipinski definition) is 1. The van der Waals surface area contributed by atoms with E-state index in [0.717, 1.165) is 44.0 Å². The highest BCUT2D eigenvalue weighted by Crippen LogP contribution is 2.33. The van der Waals surface area contributed by atoms with Gasteiger partial charge in [-0.3, -0.25) is 4.79 Å². The van der Waals surface area contributed by atoms with Crippen LogP contribution in [-0.4, -0.2) is 55.1 Å². The minimum atomic E-state index is -0.118. The first-order valence-electron chi connectivity index (χ1n) is 11.7. The number of likely N-dealkylation sites (N-methyl/N-ethyl adjacent to an activating group) is 1. The van der Waals surface area contributed by atoms with Crippen LogP contribution in [0.2, 0.25) is 0 Å². The van der Waals surface area contributed by atoms with Gasteiger partial charge in [0, 0.05) is 56.2 Å². The number of piperazine rings is 1. The second kappa shape index (κ2) is 9.27. The molecule has 0 saturated carbocycles. The molecule has 1 aromatic carbocycles. The molecule has 2 aliphatic heterocycles. The van der Waals surface area contributed by atoms with Gasteiger partial charge in [0.05, 0.1) is 18.4 Å². The number of nitrogens with zero attached hydrogens (tertiary/aromatic N) is 4. The summed E-state index contributed by atoms with van der Waals surface area (Å²) >= 11 is 0. The third kappa shape index (κ3) is 4.46. The number of furan rings is 1. The van der Waals surface area contributed by atoms with Crippen LogP contribution in [0.4, 0.5) is 11.5 Å². The summed E-state index contributed by atoms with van der Waals surface area (Å²) in [5.74, 6) is 1.54. The number of para-hydroxylation sites is 1. The van der Waals surface area contributed by atoms with Crippen molar-refractivity contribution in [2.24, 2.45) is 0 Å². The Hall–Kier alpha value is -3.32. The minimum Gasteiger partial charge on any atom is -0.467 e. The molecule has 0 bridgehead atoms. The monoisotopic (exact) mass is 445 g/mol. The molecule has 2 aliphatic rings. The van der Waals surface area contributed by atoms with Gasteiger partial charge < -0.3 is 24.4 Å². The molecule has 1 amide bonds. The van der Waals surface area contributed by atoms with Gasteiger partial charge in [0.15, 0.2) is 0 Å². The predicted molar refractivity (Wildman–Crippen MR) is 130 cm³/mol. The fraction of sp³-hybridized carbons (Fsp3) is 0.385. The molecule has 3 aromatic rings. The first-order chi connectivity index (χ1) is 16.1. The lowest BCUT2D eigenvalue weighted by molar-refractivity contribution is 0.0949. The number of amides is 1. The lowest BCUT2D eigenvalue weighted by Gasteiger charge is -2.34. The Bertz CT molecular complexity index is 1120. The molecule has 172 valence electrons. The van der Waals surface area contributed by atoms with Crippen molar-refractivity contribution in [2.45, 2.75) is 32.5 Å². The van der Waals surface area contributed by atoms with Gasteiger partial charge in [0.25, 0.3) is 5.91 Å². The van der Waals surface area contributed by atoms with E-state index in [0.29, 0.717) is 30.5 Å². The lowest BCUT2D eigenvalue weighted by Crippen LogP contribution is -2.45. The van der Waals surface area contributed by atoms with Crippen LogP contribution >= 0.6 is 0 Å². The molecule has 4 heterocycles. The number of aromatic nitrogens is 1. The first-order valence-corrected chi connectivity index (χ1v) is 11.7. The number of anilines is 2. The van der Waals surface area contributed by atoms with Crippen molar-refractivity contribution >= 4 is 17.4 Å². The molecule has 1 atom stereocenters. The van der Waals surface area contributed by atoms with Crippen LogP contribution in [0.3, 0.4) is 0 Å². The van der Waals surface area contributed by atoms with Crippen molar-refractivity contribution in [3.05, 3.63) is 77.4 Å². The standard InChI is InChI=1S/C26H31N5O2/c1-19-16-20-6-3-4-8-23(20)31(19)18-24-22(9-15-33-24)26(32)28-17-21-7-5-10-27-25(21)30-13-11-29(2)12-14-30/h3-10,15,19H,11-14,16-18H2,1-2H3,(H,28,32). The SMILES string of the molecule is CC1Cc2ccccc2N1Cc1occc1C(=O)NCc1cccnc1N1CCN(C)CC1. The second-order valence-corrected chi connectivity index (χ2v) is 9.03. The number of pyridine rings is 1. The number of fused-ring (bicyclic) bond motifs is 1. The van der Waals surface area contributed by atoms with Crippen LogP contribution in [0, 0.1) is 0 Å². The van der Waals surface area contributed by atoms with E-state index in [1.54, 1.807) is 12.3 Å².